The average Bonchev–Trinajstić information content (AvgIpc) is 2.80. The number of rotatable bonds is 3. The van der Waals surface area contributed by atoms with Crippen LogP contribution in [0.15, 0.2) is 91.0 Å². The summed E-state index contributed by atoms with van der Waals surface area (Å²) in [7, 11) is 0. The van der Waals surface area contributed by atoms with Gasteiger partial charge in [-0.05, 0) is 61.4 Å². The van der Waals surface area contributed by atoms with Crippen molar-refractivity contribution < 1.29 is 4.79 Å². The molecular weight excluding hydrogens is 380 g/mol. The lowest BCUT2D eigenvalue weighted by molar-refractivity contribution is 0.102. The highest BCUT2D eigenvalue weighted by Crippen LogP contribution is 2.37. The zero-order chi connectivity index (χ0) is 21.4. The maximum Gasteiger partial charge on any atom is 0.255 e. The Morgan fingerprint density at radius 1 is 0.742 bits per heavy atom. The van der Waals surface area contributed by atoms with Crippen molar-refractivity contribution in [2.45, 2.75) is 13.8 Å². The summed E-state index contributed by atoms with van der Waals surface area (Å²) in [6.07, 6.45) is 0. The minimum atomic E-state index is -0.123. The Balaban J connectivity index is 1.73. The first-order chi connectivity index (χ1) is 15.1. The number of carbonyl (C=O) groups is 1. The van der Waals surface area contributed by atoms with Crippen molar-refractivity contribution in [3.63, 3.8) is 0 Å². The van der Waals surface area contributed by atoms with E-state index in [0.717, 1.165) is 33.1 Å². The van der Waals surface area contributed by atoms with Crippen molar-refractivity contribution in [3.05, 3.63) is 108 Å². The summed E-state index contributed by atoms with van der Waals surface area (Å²) in [5, 5.41) is 5.17. The third-order valence-electron chi connectivity index (χ3n) is 5.64. The summed E-state index contributed by atoms with van der Waals surface area (Å²) in [5.74, 6) is -0.123. The van der Waals surface area contributed by atoms with Crippen molar-refractivity contribution in [2.24, 2.45) is 0 Å². The highest BCUT2D eigenvalue weighted by Gasteiger charge is 2.14. The first-order valence-electron chi connectivity index (χ1n) is 10.4. The maximum absolute atomic E-state index is 12.7. The quantitative estimate of drug-likeness (QED) is 0.333. The molecule has 1 heterocycles. The van der Waals surface area contributed by atoms with Gasteiger partial charge in [0.25, 0.3) is 5.91 Å². The highest BCUT2D eigenvalue weighted by molar-refractivity contribution is 6.12. The van der Waals surface area contributed by atoms with Gasteiger partial charge in [0.15, 0.2) is 0 Å². The number of fused-ring (bicyclic) bond motifs is 2. The lowest BCUT2D eigenvalue weighted by Crippen LogP contribution is -2.11. The molecule has 0 bridgehead atoms. The average molecular weight is 402 g/mol. The molecule has 0 saturated carbocycles. The van der Waals surface area contributed by atoms with Crippen molar-refractivity contribution in [3.8, 4) is 11.1 Å². The van der Waals surface area contributed by atoms with Crippen LogP contribution < -0.4 is 5.32 Å². The molecule has 1 N–H and O–H groups in total. The van der Waals surface area contributed by atoms with Gasteiger partial charge < -0.3 is 5.32 Å². The number of benzene rings is 4. The van der Waals surface area contributed by atoms with Gasteiger partial charge in [-0.3, -0.25) is 4.79 Å². The minimum absolute atomic E-state index is 0.123. The first-order valence-corrected chi connectivity index (χ1v) is 10.4. The minimum Gasteiger partial charge on any atom is -0.322 e. The van der Waals surface area contributed by atoms with E-state index in [1.54, 1.807) is 0 Å². The zero-order valence-corrected chi connectivity index (χ0v) is 17.5. The number of nitrogens with one attached hydrogen (secondary N) is 1. The summed E-state index contributed by atoms with van der Waals surface area (Å²) in [5.41, 5.74) is 8.02. The molecule has 0 unspecified atom stereocenters. The van der Waals surface area contributed by atoms with E-state index in [4.69, 9.17) is 4.98 Å². The lowest BCUT2D eigenvalue weighted by atomic mass is 9.92. The standard InChI is InChI=1S/C28H22N2O/c1-18-12-13-19(2)23(16-18)27-22-10-6-7-11-25(22)30-26-15-14-21(17-24(26)27)29-28(31)20-8-4-3-5-9-20/h3-17H,1-2H3,(H,29,31). The number of hydrogen-bond acceptors (Lipinski definition) is 2. The summed E-state index contributed by atoms with van der Waals surface area (Å²) < 4.78 is 0. The van der Waals surface area contributed by atoms with Gasteiger partial charge in [-0.1, -0.05) is 60.2 Å². The van der Waals surface area contributed by atoms with E-state index < -0.39 is 0 Å². The SMILES string of the molecule is Cc1ccc(C)c(-c2c3ccccc3nc3ccc(NC(=O)c4ccccc4)cc23)c1. The molecule has 31 heavy (non-hydrogen) atoms. The molecule has 0 atom stereocenters. The van der Waals surface area contributed by atoms with Gasteiger partial charge in [0.2, 0.25) is 0 Å². The van der Waals surface area contributed by atoms with Crippen LogP contribution in [-0.2, 0) is 0 Å². The molecule has 0 aliphatic heterocycles. The monoisotopic (exact) mass is 402 g/mol. The number of hydrogen-bond donors (Lipinski definition) is 1. The van der Waals surface area contributed by atoms with Crippen LogP contribution in [-0.4, -0.2) is 10.9 Å². The fraction of sp³-hybridized carbons (Fsp3) is 0.0714. The molecule has 0 radical (unpaired) electrons. The normalized spacial score (nSPS) is 11.0. The number of aryl methyl sites for hydroxylation is 2. The van der Waals surface area contributed by atoms with E-state index >= 15 is 0 Å². The Labute approximate surface area is 181 Å². The number of carbonyl (C=O) groups excluding carboxylic acids is 1. The van der Waals surface area contributed by atoms with Gasteiger partial charge in [0.05, 0.1) is 11.0 Å². The molecule has 0 aliphatic carbocycles. The predicted molar refractivity (Wildman–Crippen MR) is 129 cm³/mol. The molecule has 0 aliphatic rings. The number of para-hydroxylation sites is 1. The van der Waals surface area contributed by atoms with Crippen LogP contribution in [0.4, 0.5) is 5.69 Å². The van der Waals surface area contributed by atoms with Crippen molar-refractivity contribution >= 4 is 33.4 Å². The van der Waals surface area contributed by atoms with E-state index in [9.17, 15) is 4.79 Å². The number of anilines is 1. The van der Waals surface area contributed by atoms with Crippen LogP contribution >= 0.6 is 0 Å². The Morgan fingerprint density at radius 2 is 1.48 bits per heavy atom. The molecule has 150 valence electrons. The van der Waals surface area contributed by atoms with Gasteiger partial charge in [-0.25, -0.2) is 4.98 Å². The van der Waals surface area contributed by atoms with Crippen LogP contribution in [0.25, 0.3) is 32.9 Å². The van der Waals surface area contributed by atoms with Gasteiger partial charge in [-0.2, -0.15) is 0 Å². The van der Waals surface area contributed by atoms with Crippen molar-refractivity contribution in [2.75, 3.05) is 5.32 Å². The molecule has 1 aromatic heterocycles. The third kappa shape index (κ3) is 3.55. The van der Waals surface area contributed by atoms with Crippen LogP contribution in [0.2, 0.25) is 0 Å². The second kappa shape index (κ2) is 7.69. The molecule has 5 rings (SSSR count). The maximum atomic E-state index is 12.7. The van der Waals surface area contributed by atoms with Crippen LogP contribution in [0, 0.1) is 13.8 Å². The predicted octanol–water partition coefficient (Wildman–Crippen LogP) is 6.92. The van der Waals surface area contributed by atoms with Crippen molar-refractivity contribution in [1.29, 1.82) is 0 Å². The molecular formula is C28H22N2O. The number of amides is 1. The van der Waals surface area contributed by atoms with E-state index in [1.165, 1.54) is 16.7 Å². The molecule has 3 nitrogen and oxygen atoms in total. The van der Waals surface area contributed by atoms with E-state index in [-0.39, 0.29) is 5.91 Å². The molecule has 1 amide bonds. The highest BCUT2D eigenvalue weighted by atomic mass is 16.1. The molecule has 0 saturated heterocycles. The smallest absolute Gasteiger partial charge is 0.255 e. The van der Waals surface area contributed by atoms with Gasteiger partial charge >= 0.3 is 0 Å². The molecule has 0 spiro atoms. The Bertz CT molecular complexity index is 1440. The second-order valence-corrected chi connectivity index (χ2v) is 7.87. The Morgan fingerprint density at radius 3 is 2.32 bits per heavy atom. The van der Waals surface area contributed by atoms with Gasteiger partial charge in [0.1, 0.15) is 0 Å². The Hall–Kier alpha value is -3.98. The van der Waals surface area contributed by atoms with E-state index in [1.807, 2.05) is 60.7 Å². The van der Waals surface area contributed by atoms with E-state index in [0.29, 0.717) is 5.56 Å². The van der Waals surface area contributed by atoms with Crippen LogP contribution in [0.3, 0.4) is 0 Å². The molecule has 5 aromatic rings. The van der Waals surface area contributed by atoms with E-state index in [2.05, 4.69) is 49.5 Å². The fourth-order valence-corrected chi connectivity index (χ4v) is 4.06. The van der Waals surface area contributed by atoms with Crippen molar-refractivity contribution in [1.82, 2.24) is 4.98 Å². The number of pyridine rings is 1. The zero-order valence-electron chi connectivity index (χ0n) is 17.5. The third-order valence-corrected chi connectivity index (χ3v) is 5.64. The Kier molecular flexibility index (Phi) is 4.72. The summed E-state index contributed by atoms with van der Waals surface area (Å²) >= 11 is 0. The van der Waals surface area contributed by atoms with Crippen LogP contribution in [0.5, 0.6) is 0 Å². The number of aromatic nitrogens is 1. The van der Waals surface area contributed by atoms with Gasteiger partial charge in [0, 0.05) is 27.6 Å². The summed E-state index contributed by atoms with van der Waals surface area (Å²) in [6.45, 7) is 4.25. The topological polar surface area (TPSA) is 42.0 Å². The fourth-order valence-electron chi connectivity index (χ4n) is 4.06. The first kappa shape index (κ1) is 19.0. The van der Waals surface area contributed by atoms with Crippen LogP contribution in [0.1, 0.15) is 21.5 Å². The second-order valence-electron chi connectivity index (χ2n) is 7.87. The largest absolute Gasteiger partial charge is 0.322 e. The number of nitrogens with zero attached hydrogens (tertiary/aromatic N) is 1. The molecule has 0 fully saturated rings. The molecule has 3 heteroatoms. The lowest BCUT2D eigenvalue weighted by Gasteiger charge is -2.15. The summed E-state index contributed by atoms with van der Waals surface area (Å²) in [4.78, 5) is 17.6. The summed E-state index contributed by atoms with van der Waals surface area (Å²) in [6, 6.07) is 29.9. The molecule has 4 aromatic carbocycles. The van der Waals surface area contributed by atoms with Gasteiger partial charge in [-0.15, -0.1) is 0 Å².